The van der Waals surface area contributed by atoms with Crippen LogP contribution in [0.25, 0.3) is 0 Å². The molecular weight excluding hydrogens is 242 g/mol. The molecule has 3 rings (SSSR count). The SMILES string of the molecule is Cc1ccncc1CN=C1NC2CCCC2CS1. The third-order valence-corrected chi connectivity index (χ3v) is 5.06. The highest BCUT2D eigenvalue weighted by molar-refractivity contribution is 8.13. The maximum atomic E-state index is 4.70. The summed E-state index contributed by atoms with van der Waals surface area (Å²) in [5.41, 5.74) is 2.50. The number of aliphatic imine (C=N–C) groups is 1. The molecule has 2 atom stereocenters. The van der Waals surface area contributed by atoms with Gasteiger partial charge in [-0.15, -0.1) is 0 Å². The van der Waals surface area contributed by atoms with Crippen LogP contribution in [0.15, 0.2) is 23.5 Å². The van der Waals surface area contributed by atoms with Crippen molar-refractivity contribution in [2.75, 3.05) is 5.75 Å². The fraction of sp³-hybridized carbons (Fsp3) is 0.571. The Hall–Kier alpha value is -1.03. The Morgan fingerprint density at radius 1 is 1.50 bits per heavy atom. The molecular formula is C14H19N3S. The number of aryl methyl sites for hydroxylation is 1. The summed E-state index contributed by atoms with van der Waals surface area (Å²) in [5, 5.41) is 4.72. The topological polar surface area (TPSA) is 37.3 Å². The molecule has 1 aromatic heterocycles. The van der Waals surface area contributed by atoms with E-state index in [9.17, 15) is 0 Å². The second kappa shape index (κ2) is 5.31. The number of pyridine rings is 1. The molecule has 4 heteroatoms. The van der Waals surface area contributed by atoms with Crippen LogP contribution < -0.4 is 5.32 Å². The zero-order valence-electron chi connectivity index (χ0n) is 10.7. The minimum absolute atomic E-state index is 0.681. The minimum atomic E-state index is 0.681. The third kappa shape index (κ3) is 2.53. The Balaban J connectivity index is 1.65. The van der Waals surface area contributed by atoms with Crippen LogP contribution >= 0.6 is 11.8 Å². The van der Waals surface area contributed by atoms with Crippen LogP contribution in [0.5, 0.6) is 0 Å². The van der Waals surface area contributed by atoms with Gasteiger partial charge >= 0.3 is 0 Å². The van der Waals surface area contributed by atoms with E-state index in [0.717, 1.165) is 17.6 Å². The standard InChI is InChI=1S/C14H19N3S/c1-10-5-6-15-7-12(10)8-16-14-17-13-4-2-3-11(13)9-18-14/h5-7,11,13H,2-4,8-9H2,1H3,(H,16,17). The summed E-state index contributed by atoms with van der Waals surface area (Å²) in [7, 11) is 0. The number of thioether (sulfide) groups is 1. The number of amidine groups is 1. The molecule has 2 unspecified atom stereocenters. The molecule has 0 bridgehead atoms. The first kappa shape index (κ1) is 12.0. The Bertz CT molecular complexity index is 458. The molecule has 18 heavy (non-hydrogen) atoms. The van der Waals surface area contributed by atoms with Gasteiger partial charge in [0.1, 0.15) is 0 Å². The van der Waals surface area contributed by atoms with Crippen molar-refractivity contribution in [3.05, 3.63) is 29.6 Å². The molecule has 1 saturated carbocycles. The molecule has 2 heterocycles. The molecule has 0 spiro atoms. The number of nitrogens with zero attached hydrogens (tertiary/aromatic N) is 2. The molecule has 1 aliphatic heterocycles. The van der Waals surface area contributed by atoms with Crippen LogP contribution in [0.4, 0.5) is 0 Å². The van der Waals surface area contributed by atoms with Crippen LogP contribution in [0.2, 0.25) is 0 Å². The van der Waals surface area contributed by atoms with Crippen molar-refractivity contribution in [1.29, 1.82) is 0 Å². The Labute approximate surface area is 112 Å². The van der Waals surface area contributed by atoms with Crippen molar-refractivity contribution < 1.29 is 0 Å². The van der Waals surface area contributed by atoms with Crippen molar-refractivity contribution in [2.24, 2.45) is 10.9 Å². The average Bonchev–Trinajstić information content (AvgIpc) is 2.85. The first-order valence-corrected chi connectivity index (χ1v) is 7.65. The molecule has 1 N–H and O–H groups in total. The molecule has 0 radical (unpaired) electrons. The Morgan fingerprint density at radius 2 is 2.44 bits per heavy atom. The normalized spacial score (nSPS) is 29.1. The molecule has 1 saturated heterocycles. The average molecular weight is 261 g/mol. The van der Waals surface area contributed by atoms with Crippen molar-refractivity contribution in [3.63, 3.8) is 0 Å². The van der Waals surface area contributed by atoms with E-state index in [-0.39, 0.29) is 0 Å². The number of hydrogen-bond acceptors (Lipinski definition) is 3. The first-order valence-electron chi connectivity index (χ1n) is 6.66. The van der Waals surface area contributed by atoms with Gasteiger partial charge < -0.3 is 5.32 Å². The van der Waals surface area contributed by atoms with Crippen molar-refractivity contribution >= 4 is 16.9 Å². The largest absolute Gasteiger partial charge is 0.362 e. The van der Waals surface area contributed by atoms with Crippen LogP contribution in [0, 0.1) is 12.8 Å². The lowest BCUT2D eigenvalue weighted by Gasteiger charge is -2.28. The van der Waals surface area contributed by atoms with Crippen molar-refractivity contribution in [3.8, 4) is 0 Å². The van der Waals surface area contributed by atoms with E-state index >= 15 is 0 Å². The van der Waals surface area contributed by atoms with Crippen LogP contribution in [0.3, 0.4) is 0 Å². The highest BCUT2D eigenvalue weighted by Crippen LogP contribution is 2.32. The van der Waals surface area contributed by atoms with Crippen LogP contribution in [0.1, 0.15) is 30.4 Å². The van der Waals surface area contributed by atoms with E-state index < -0.39 is 0 Å². The summed E-state index contributed by atoms with van der Waals surface area (Å²) in [6, 6.07) is 2.73. The predicted molar refractivity (Wildman–Crippen MR) is 76.8 cm³/mol. The van der Waals surface area contributed by atoms with Gasteiger partial charge in [-0.25, -0.2) is 0 Å². The van der Waals surface area contributed by atoms with Gasteiger partial charge in [0.15, 0.2) is 5.17 Å². The minimum Gasteiger partial charge on any atom is -0.362 e. The van der Waals surface area contributed by atoms with E-state index in [0.29, 0.717) is 6.04 Å². The van der Waals surface area contributed by atoms with Crippen LogP contribution in [-0.2, 0) is 6.54 Å². The van der Waals surface area contributed by atoms with E-state index in [4.69, 9.17) is 4.99 Å². The summed E-state index contributed by atoms with van der Waals surface area (Å²) in [5.74, 6) is 2.11. The molecule has 0 aromatic carbocycles. The number of fused-ring (bicyclic) bond motifs is 1. The van der Waals surface area contributed by atoms with Gasteiger partial charge in [0, 0.05) is 24.2 Å². The maximum Gasteiger partial charge on any atom is 0.157 e. The molecule has 0 amide bonds. The van der Waals surface area contributed by atoms with Gasteiger partial charge in [-0.2, -0.15) is 0 Å². The van der Waals surface area contributed by atoms with E-state index in [1.165, 1.54) is 36.1 Å². The lowest BCUT2D eigenvalue weighted by molar-refractivity contribution is 0.489. The summed E-state index contributed by atoms with van der Waals surface area (Å²) in [4.78, 5) is 8.87. The van der Waals surface area contributed by atoms with Gasteiger partial charge in [-0.1, -0.05) is 18.2 Å². The van der Waals surface area contributed by atoms with Gasteiger partial charge in [-0.3, -0.25) is 9.98 Å². The van der Waals surface area contributed by atoms with E-state index in [1.54, 1.807) is 0 Å². The quantitative estimate of drug-likeness (QED) is 0.889. The first-order chi connectivity index (χ1) is 8.83. The van der Waals surface area contributed by atoms with Crippen LogP contribution in [-0.4, -0.2) is 21.9 Å². The highest BCUT2D eigenvalue weighted by atomic mass is 32.2. The molecule has 96 valence electrons. The zero-order chi connectivity index (χ0) is 12.4. The number of rotatable bonds is 2. The lowest BCUT2D eigenvalue weighted by Crippen LogP contribution is -2.41. The second-order valence-electron chi connectivity index (χ2n) is 5.18. The van der Waals surface area contributed by atoms with Crippen molar-refractivity contribution in [1.82, 2.24) is 10.3 Å². The third-order valence-electron chi connectivity index (χ3n) is 3.94. The summed E-state index contributed by atoms with van der Waals surface area (Å²) in [6.07, 6.45) is 7.84. The summed E-state index contributed by atoms with van der Waals surface area (Å²) in [6.45, 7) is 2.86. The Morgan fingerprint density at radius 3 is 3.33 bits per heavy atom. The fourth-order valence-corrected chi connectivity index (χ4v) is 3.88. The molecule has 1 aromatic rings. The molecule has 2 fully saturated rings. The van der Waals surface area contributed by atoms with Gasteiger partial charge in [0.25, 0.3) is 0 Å². The monoisotopic (exact) mass is 261 g/mol. The van der Waals surface area contributed by atoms with E-state index in [2.05, 4.69) is 17.2 Å². The second-order valence-corrected chi connectivity index (χ2v) is 6.19. The zero-order valence-corrected chi connectivity index (χ0v) is 11.5. The number of aromatic nitrogens is 1. The Kier molecular flexibility index (Phi) is 3.55. The van der Waals surface area contributed by atoms with Gasteiger partial charge in [0.2, 0.25) is 0 Å². The smallest absolute Gasteiger partial charge is 0.157 e. The van der Waals surface area contributed by atoms with Gasteiger partial charge in [-0.05, 0) is 42.9 Å². The van der Waals surface area contributed by atoms with Crippen molar-refractivity contribution in [2.45, 2.75) is 38.8 Å². The fourth-order valence-electron chi connectivity index (χ4n) is 2.72. The van der Waals surface area contributed by atoms with Gasteiger partial charge in [0.05, 0.1) is 6.54 Å². The molecule has 3 nitrogen and oxygen atoms in total. The highest BCUT2D eigenvalue weighted by Gasteiger charge is 2.31. The number of nitrogens with one attached hydrogen (secondary N) is 1. The maximum absolute atomic E-state index is 4.70. The summed E-state index contributed by atoms with van der Waals surface area (Å²) >= 11 is 1.88. The summed E-state index contributed by atoms with van der Waals surface area (Å²) < 4.78 is 0. The lowest BCUT2D eigenvalue weighted by atomic mass is 10.1. The number of hydrogen-bond donors (Lipinski definition) is 1. The molecule has 2 aliphatic rings. The molecule has 1 aliphatic carbocycles. The van der Waals surface area contributed by atoms with E-state index in [1.807, 2.05) is 30.2 Å². The predicted octanol–water partition coefficient (Wildman–Crippen LogP) is 2.75.